The van der Waals surface area contributed by atoms with Crippen molar-refractivity contribution in [3.8, 4) is 22.1 Å². The van der Waals surface area contributed by atoms with E-state index in [-0.39, 0.29) is 18.0 Å². The van der Waals surface area contributed by atoms with Crippen molar-refractivity contribution in [2.24, 2.45) is 5.92 Å². The van der Waals surface area contributed by atoms with Gasteiger partial charge in [0.25, 0.3) is 0 Å². The molecule has 1 aromatic carbocycles. The third-order valence-electron chi connectivity index (χ3n) is 5.77. The summed E-state index contributed by atoms with van der Waals surface area (Å²) in [6.45, 7) is 1.62. The van der Waals surface area contributed by atoms with E-state index in [4.69, 9.17) is 4.74 Å². The van der Waals surface area contributed by atoms with Gasteiger partial charge in [-0.1, -0.05) is 11.3 Å². The first kappa shape index (κ1) is 22.6. The number of halogens is 1. The van der Waals surface area contributed by atoms with Gasteiger partial charge in [0.05, 0.1) is 27.8 Å². The molecule has 0 N–H and O–H groups in total. The van der Waals surface area contributed by atoms with E-state index >= 15 is 0 Å². The Morgan fingerprint density at radius 2 is 2.09 bits per heavy atom. The van der Waals surface area contributed by atoms with Gasteiger partial charge in [-0.3, -0.25) is 14.5 Å². The number of ketones is 1. The molecule has 1 saturated carbocycles. The van der Waals surface area contributed by atoms with Crippen molar-refractivity contribution in [1.82, 2.24) is 24.9 Å². The summed E-state index contributed by atoms with van der Waals surface area (Å²) in [5.41, 5.74) is 2.19. The number of ether oxygens (including phenoxy) is 1. The Morgan fingerprint density at radius 3 is 2.85 bits per heavy atom. The van der Waals surface area contributed by atoms with Gasteiger partial charge in [-0.05, 0) is 56.6 Å². The number of carbonyl (C=O) groups is 1. The number of nitrogens with zero attached hydrogens (tertiary/aromatic N) is 5. The van der Waals surface area contributed by atoms with Crippen LogP contribution in [0.3, 0.4) is 0 Å². The van der Waals surface area contributed by atoms with Crippen LogP contribution in [0.15, 0.2) is 42.7 Å². The van der Waals surface area contributed by atoms with Crippen LogP contribution in [0.2, 0.25) is 0 Å². The summed E-state index contributed by atoms with van der Waals surface area (Å²) in [5.74, 6) is 0.860. The van der Waals surface area contributed by atoms with Gasteiger partial charge >= 0.3 is 0 Å². The van der Waals surface area contributed by atoms with Gasteiger partial charge < -0.3 is 9.64 Å². The van der Waals surface area contributed by atoms with Gasteiger partial charge in [-0.15, -0.1) is 16.4 Å². The second-order valence-electron chi connectivity index (χ2n) is 9.03. The van der Waals surface area contributed by atoms with Crippen LogP contribution in [-0.2, 0) is 17.8 Å². The zero-order chi connectivity index (χ0) is 23.7. The van der Waals surface area contributed by atoms with Gasteiger partial charge in [-0.25, -0.2) is 4.39 Å². The molecule has 176 valence electrons. The molecule has 9 heteroatoms. The molecule has 34 heavy (non-hydrogen) atoms. The Kier molecular flexibility index (Phi) is 6.38. The minimum atomic E-state index is -0.484. The predicted octanol–water partition coefficient (Wildman–Crippen LogP) is 4.96. The average Bonchev–Trinajstić information content (AvgIpc) is 3.30. The highest BCUT2D eigenvalue weighted by molar-refractivity contribution is 7.22. The van der Waals surface area contributed by atoms with Crippen LogP contribution in [0.25, 0.3) is 20.8 Å². The van der Waals surface area contributed by atoms with Crippen LogP contribution < -0.4 is 4.74 Å². The van der Waals surface area contributed by atoms with Crippen LogP contribution in [0.1, 0.15) is 24.8 Å². The lowest BCUT2D eigenvalue weighted by molar-refractivity contribution is -0.118. The maximum Gasteiger partial charge on any atom is 0.166 e. The molecular weight excluding hydrogens is 453 g/mol. The summed E-state index contributed by atoms with van der Waals surface area (Å²) in [4.78, 5) is 19.5. The minimum absolute atomic E-state index is 0.121. The molecule has 1 fully saturated rings. The van der Waals surface area contributed by atoms with E-state index in [9.17, 15) is 9.18 Å². The van der Waals surface area contributed by atoms with E-state index < -0.39 is 5.82 Å². The number of rotatable bonds is 10. The number of hydrogen-bond donors (Lipinski definition) is 0. The number of hydrogen-bond acceptors (Lipinski definition) is 7. The van der Waals surface area contributed by atoms with Gasteiger partial charge in [-0.2, -0.15) is 0 Å². The zero-order valence-corrected chi connectivity index (χ0v) is 20.0. The Labute approximate surface area is 201 Å². The molecule has 5 rings (SSSR count). The molecule has 0 saturated heterocycles. The van der Waals surface area contributed by atoms with Crippen molar-refractivity contribution in [2.45, 2.75) is 32.2 Å². The highest BCUT2D eigenvalue weighted by Crippen LogP contribution is 2.39. The molecule has 7 nitrogen and oxygen atoms in total. The highest BCUT2D eigenvalue weighted by atomic mass is 32.1. The van der Waals surface area contributed by atoms with Gasteiger partial charge in [0.1, 0.15) is 17.2 Å². The number of carbonyl (C=O) groups excluding carboxylic acids is 1. The number of pyridine rings is 1. The summed E-state index contributed by atoms with van der Waals surface area (Å²) in [5, 5.41) is 8.50. The SMILES string of the molecule is CN(C)CCn1cc(-c2cc3nccc(Oc4ccc(CC(=O)CC5CC5)cc4F)c3s2)nn1. The van der Waals surface area contributed by atoms with Crippen molar-refractivity contribution in [3.63, 3.8) is 0 Å². The molecule has 0 unspecified atom stereocenters. The van der Waals surface area contributed by atoms with E-state index in [1.807, 2.05) is 31.0 Å². The number of benzene rings is 1. The van der Waals surface area contributed by atoms with Crippen LogP contribution >= 0.6 is 11.3 Å². The lowest BCUT2D eigenvalue weighted by atomic mass is 10.0. The lowest BCUT2D eigenvalue weighted by Gasteiger charge is -2.09. The van der Waals surface area contributed by atoms with Gasteiger partial charge in [0.2, 0.25) is 0 Å². The first-order chi connectivity index (χ1) is 16.4. The molecule has 3 aromatic heterocycles. The van der Waals surface area contributed by atoms with E-state index in [1.165, 1.54) is 17.4 Å². The fourth-order valence-electron chi connectivity index (χ4n) is 3.74. The third kappa shape index (κ3) is 5.31. The van der Waals surface area contributed by atoms with Crippen LogP contribution in [-0.4, -0.2) is 51.3 Å². The van der Waals surface area contributed by atoms with Crippen molar-refractivity contribution in [1.29, 1.82) is 0 Å². The molecule has 3 heterocycles. The number of Topliss-reactive ketones (excluding diaryl/α,β-unsaturated/α-hetero) is 1. The molecule has 0 aliphatic heterocycles. The van der Waals surface area contributed by atoms with Crippen LogP contribution in [0.5, 0.6) is 11.5 Å². The second-order valence-corrected chi connectivity index (χ2v) is 10.1. The summed E-state index contributed by atoms with van der Waals surface area (Å²) in [7, 11) is 4.03. The number of likely N-dealkylation sites (N-methyl/N-ethyl adjacent to an activating group) is 1. The second kappa shape index (κ2) is 9.60. The molecule has 1 aliphatic rings. The van der Waals surface area contributed by atoms with Gasteiger partial charge in [0, 0.05) is 31.6 Å². The fraction of sp³-hybridized carbons (Fsp3) is 0.360. The largest absolute Gasteiger partial charge is 0.453 e. The fourth-order valence-corrected chi connectivity index (χ4v) is 4.76. The van der Waals surface area contributed by atoms with Crippen molar-refractivity contribution < 1.29 is 13.9 Å². The minimum Gasteiger partial charge on any atom is -0.453 e. The Bertz CT molecular complexity index is 1330. The first-order valence-corrected chi connectivity index (χ1v) is 12.2. The molecule has 0 atom stereocenters. The van der Waals surface area contributed by atoms with E-state index in [1.54, 1.807) is 24.4 Å². The van der Waals surface area contributed by atoms with Crippen LogP contribution in [0.4, 0.5) is 4.39 Å². The van der Waals surface area contributed by atoms with E-state index in [0.717, 1.165) is 46.7 Å². The molecule has 1 aliphatic carbocycles. The molecule has 4 aromatic rings. The summed E-state index contributed by atoms with van der Waals surface area (Å²) in [6, 6.07) is 8.41. The van der Waals surface area contributed by atoms with Crippen LogP contribution in [0, 0.1) is 11.7 Å². The van der Waals surface area contributed by atoms with E-state index in [0.29, 0.717) is 23.7 Å². The monoisotopic (exact) mass is 479 g/mol. The lowest BCUT2D eigenvalue weighted by Crippen LogP contribution is -2.18. The van der Waals surface area contributed by atoms with Crippen molar-refractivity contribution in [3.05, 3.63) is 54.1 Å². The smallest absolute Gasteiger partial charge is 0.166 e. The van der Waals surface area contributed by atoms with Gasteiger partial charge in [0.15, 0.2) is 11.6 Å². The molecule has 0 amide bonds. The summed E-state index contributed by atoms with van der Waals surface area (Å²) in [6.07, 6.45) is 6.68. The Morgan fingerprint density at radius 1 is 1.24 bits per heavy atom. The number of thiophene rings is 1. The maximum atomic E-state index is 14.8. The average molecular weight is 480 g/mol. The number of fused-ring (bicyclic) bond motifs is 1. The Balaban J connectivity index is 1.33. The number of aromatic nitrogens is 4. The maximum absolute atomic E-state index is 14.8. The molecule has 0 radical (unpaired) electrons. The highest BCUT2D eigenvalue weighted by Gasteiger charge is 2.24. The quantitative estimate of drug-likeness (QED) is 0.320. The molecule has 0 spiro atoms. The Hall–Kier alpha value is -3.17. The summed E-state index contributed by atoms with van der Waals surface area (Å²) >= 11 is 1.48. The third-order valence-corrected chi connectivity index (χ3v) is 6.94. The topological polar surface area (TPSA) is 73.1 Å². The standard InChI is InChI=1S/C25H26FN5O2S/c1-30(2)9-10-31-15-21(28-29-31)24-14-20-25(34-24)23(7-8-27-20)33-22-6-5-17(13-19(22)26)12-18(32)11-16-3-4-16/h5-8,13-16H,3-4,9-12H2,1-2H3. The first-order valence-electron chi connectivity index (χ1n) is 11.4. The van der Waals surface area contributed by atoms with E-state index in [2.05, 4.69) is 20.2 Å². The normalized spacial score (nSPS) is 13.6. The molecule has 0 bridgehead atoms. The van der Waals surface area contributed by atoms with Crippen molar-refractivity contribution in [2.75, 3.05) is 20.6 Å². The molecular formula is C25H26FN5O2S. The summed E-state index contributed by atoms with van der Waals surface area (Å²) < 4.78 is 23.4. The zero-order valence-electron chi connectivity index (χ0n) is 19.2. The predicted molar refractivity (Wildman–Crippen MR) is 130 cm³/mol. The van der Waals surface area contributed by atoms with Crippen molar-refractivity contribution >= 4 is 27.3 Å².